The zero-order chi connectivity index (χ0) is 17.2. The van der Waals surface area contributed by atoms with E-state index in [0.717, 1.165) is 49.7 Å². The minimum absolute atomic E-state index is 0.652. The Labute approximate surface area is 156 Å². The second-order valence-electron chi connectivity index (χ2n) is 6.37. The van der Waals surface area contributed by atoms with E-state index < -0.39 is 0 Å². The lowest BCUT2D eigenvalue weighted by atomic mass is 10.1. The number of nitrogens with two attached hydrogens (primary N) is 1. The lowest BCUT2D eigenvalue weighted by Crippen LogP contribution is -2.47. The number of anilines is 2. The van der Waals surface area contributed by atoms with E-state index in [2.05, 4.69) is 45.1 Å². The van der Waals surface area contributed by atoms with Crippen molar-refractivity contribution in [3.8, 4) is 0 Å². The van der Waals surface area contributed by atoms with Crippen molar-refractivity contribution in [3.63, 3.8) is 0 Å². The minimum atomic E-state index is 0.652. The van der Waals surface area contributed by atoms with Crippen molar-refractivity contribution in [2.45, 2.75) is 6.42 Å². The molecule has 25 heavy (non-hydrogen) atoms. The van der Waals surface area contributed by atoms with Gasteiger partial charge in [0, 0.05) is 43.4 Å². The smallest absolute Gasteiger partial charge is 0.181 e. The first-order chi connectivity index (χ1) is 12.2. The van der Waals surface area contributed by atoms with Crippen LogP contribution < -0.4 is 10.6 Å². The van der Waals surface area contributed by atoms with Gasteiger partial charge in [-0.3, -0.25) is 4.90 Å². The number of para-hydroxylation sites is 1. The lowest BCUT2D eigenvalue weighted by molar-refractivity contribution is 0.261. The number of fused-ring (bicyclic) bond motifs is 1. The van der Waals surface area contributed by atoms with Crippen molar-refractivity contribution < 1.29 is 0 Å². The summed E-state index contributed by atoms with van der Waals surface area (Å²) in [5.41, 5.74) is 9.49. The predicted molar refractivity (Wildman–Crippen MR) is 108 cm³/mol. The summed E-state index contributed by atoms with van der Waals surface area (Å²) in [6, 6.07) is 14.5. The van der Waals surface area contributed by atoms with Gasteiger partial charge in [0.25, 0.3) is 0 Å². The van der Waals surface area contributed by atoms with Gasteiger partial charge in [0.05, 0.1) is 10.2 Å². The van der Waals surface area contributed by atoms with Crippen LogP contribution in [0.4, 0.5) is 10.8 Å². The van der Waals surface area contributed by atoms with Gasteiger partial charge in [-0.1, -0.05) is 35.1 Å². The highest BCUT2D eigenvalue weighted by molar-refractivity contribution is 7.22. The van der Waals surface area contributed by atoms with E-state index in [1.807, 2.05) is 12.1 Å². The molecule has 0 spiro atoms. The van der Waals surface area contributed by atoms with Crippen LogP contribution in [0, 0.1) is 0 Å². The summed E-state index contributed by atoms with van der Waals surface area (Å²) in [5, 5.41) is 1.44. The number of hydrogen-bond donors (Lipinski definition) is 1. The van der Waals surface area contributed by atoms with E-state index in [1.54, 1.807) is 11.3 Å². The summed E-state index contributed by atoms with van der Waals surface area (Å²) in [5.74, 6) is 0. The fourth-order valence-electron chi connectivity index (χ4n) is 3.38. The Morgan fingerprint density at radius 2 is 1.80 bits per heavy atom. The van der Waals surface area contributed by atoms with E-state index in [4.69, 9.17) is 17.3 Å². The molecule has 130 valence electrons. The third-order valence-electron chi connectivity index (χ3n) is 4.78. The molecule has 4 nitrogen and oxygen atoms in total. The number of halogens is 1. The second kappa shape index (κ2) is 7.20. The molecule has 6 heteroatoms. The van der Waals surface area contributed by atoms with E-state index in [-0.39, 0.29) is 0 Å². The molecular weight excluding hydrogens is 352 g/mol. The molecule has 0 saturated carbocycles. The molecule has 0 unspecified atom stereocenters. The number of piperazine rings is 1. The first kappa shape index (κ1) is 16.6. The van der Waals surface area contributed by atoms with Crippen LogP contribution in [0.15, 0.2) is 42.5 Å². The fourth-order valence-corrected chi connectivity index (χ4v) is 4.29. The summed E-state index contributed by atoms with van der Waals surface area (Å²) >= 11 is 7.54. The van der Waals surface area contributed by atoms with Crippen molar-refractivity contribution in [2.75, 3.05) is 43.4 Å². The summed E-state index contributed by atoms with van der Waals surface area (Å²) in [6.07, 6.45) is 1.02. The number of nitrogen functional groups attached to an aromatic ring is 1. The average molecular weight is 373 g/mol. The van der Waals surface area contributed by atoms with E-state index >= 15 is 0 Å². The molecule has 1 aliphatic heterocycles. The molecular formula is C19H21ClN4S. The quantitative estimate of drug-likeness (QED) is 0.754. The molecule has 2 heterocycles. The number of benzene rings is 2. The number of nitrogens with zero attached hydrogens (tertiary/aromatic N) is 3. The highest BCUT2D eigenvalue weighted by Gasteiger charge is 2.17. The monoisotopic (exact) mass is 372 g/mol. The van der Waals surface area contributed by atoms with Gasteiger partial charge in [0.2, 0.25) is 0 Å². The van der Waals surface area contributed by atoms with E-state index in [1.165, 1.54) is 16.0 Å². The van der Waals surface area contributed by atoms with Gasteiger partial charge in [-0.25, -0.2) is 4.98 Å². The molecule has 2 N–H and O–H groups in total. The van der Waals surface area contributed by atoms with Crippen molar-refractivity contribution >= 4 is 44.0 Å². The summed E-state index contributed by atoms with van der Waals surface area (Å²) < 4.78 is 1.18. The summed E-state index contributed by atoms with van der Waals surface area (Å²) in [7, 11) is 0. The molecule has 0 radical (unpaired) electrons. The maximum atomic E-state index is 5.98. The maximum Gasteiger partial charge on any atom is 0.181 e. The standard InChI is InChI=1S/C19H21ClN4S/c20-15-4-6-16(7-5-15)24-12-10-23(11-13-24)9-8-14-2-1-3-17-18(14)22-19(21)25-17/h1-7H,8-13H2,(H2,21,22). The molecule has 1 fully saturated rings. The van der Waals surface area contributed by atoms with Crippen molar-refractivity contribution in [1.82, 2.24) is 9.88 Å². The van der Waals surface area contributed by atoms with Crippen LogP contribution >= 0.6 is 22.9 Å². The van der Waals surface area contributed by atoms with Gasteiger partial charge >= 0.3 is 0 Å². The van der Waals surface area contributed by atoms with Gasteiger partial charge in [0.1, 0.15) is 0 Å². The van der Waals surface area contributed by atoms with Crippen LogP contribution in [0.5, 0.6) is 0 Å². The Kier molecular flexibility index (Phi) is 4.79. The molecule has 0 amide bonds. The van der Waals surface area contributed by atoms with Crippen molar-refractivity contribution in [3.05, 3.63) is 53.1 Å². The second-order valence-corrected chi connectivity index (χ2v) is 7.87. The Morgan fingerprint density at radius 3 is 2.56 bits per heavy atom. The molecule has 0 bridgehead atoms. The Balaban J connectivity index is 1.35. The number of rotatable bonds is 4. The zero-order valence-electron chi connectivity index (χ0n) is 14.0. The first-order valence-corrected chi connectivity index (χ1v) is 9.75. The van der Waals surface area contributed by atoms with Crippen LogP contribution in [0.3, 0.4) is 0 Å². The predicted octanol–water partition coefficient (Wildman–Crippen LogP) is 3.90. The average Bonchev–Trinajstić information content (AvgIpc) is 3.02. The number of hydrogen-bond acceptors (Lipinski definition) is 5. The number of thiazole rings is 1. The molecule has 0 atom stereocenters. The van der Waals surface area contributed by atoms with Gasteiger partial charge in [0.15, 0.2) is 5.13 Å². The topological polar surface area (TPSA) is 45.4 Å². The maximum absolute atomic E-state index is 5.98. The molecule has 3 aromatic rings. The Morgan fingerprint density at radius 1 is 1.04 bits per heavy atom. The third kappa shape index (κ3) is 3.73. The summed E-state index contributed by atoms with van der Waals surface area (Å²) in [6.45, 7) is 5.32. The highest BCUT2D eigenvalue weighted by atomic mass is 35.5. The highest BCUT2D eigenvalue weighted by Crippen LogP contribution is 2.27. The van der Waals surface area contributed by atoms with Gasteiger partial charge in [-0.05, 0) is 42.3 Å². The molecule has 2 aromatic carbocycles. The van der Waals surface area contributed by atoms with Crippen LogP contribution in [0.1, 0.15) is 5.56 Å². The van der Waals surface area contributed by atoms with Crippen LogP contribution in [0.25, 0.3) is 10.2 Å². The van der Waals surface area contributed by atoms with Crippen LogP contribution in [-0.4, -0.2) is 42.6 Å². The SMILES string of the molecule is Nc1nc2c(CCN3CCN(c4ccc(Cl)cc4)CC3)cccc2s1. The lowest BCUT2D eigenvalue weighted by Gasteiger charge is -2.36. The van der Waals surface area contributed by atoms with Crippen molar-refractivity contribution in [2.24, 2.45) is 0 Å². The normalized spacial score (nSPS) is 15.8. The van der Waals surface area contributed by atoms with Gasteiger partial charge < -0.3 is 10.6 Å². The van der Waals surface area contributed by atoms with E-state index in [0.29, 0.717) is 5.13 Å². The first-order valence-electron chi connectivity index (χ1n) is 8.56. The minimum Gasteiger partial charge on any atom is -0.375 e. The fraction of sp³-hybridized carbons (Fsp3) is 0.316. The van der Waals surface area contributed by atoms with Gasteiger partial charge in [-0.15, -0.1) is 0 Å². The largest absolute Gasteiger partial charge is 0.375 e. The van der Waals surface area contributed by atoms with Crippen LogP contribution in [-0.2, 0) is 6.42 Å². The molecule has 1 saturated heterocycles. The number of aromatic nitrogens is 1. The summed E-state index contributed by atoms with van der Waals surface area (Å²) in [4.78, 5) is 9.45. The van der Waals surface area contributed by atoms with Gasteiger partial charge in [-0.2, -0.15) is 0 Å². The molecule has 1 aromatic heterocycles. The van der Waals surface area contributed by atoms with Crippen molar-refractivity contribution in [1.29, 1.82) is 0 Å². The molecule has 0 aliphatic carbocycles. The van der Waals surface area contributed by atoms with Crippen LogP contribution in [0.2, 0.25) is 5.02 Å². The molecule has 4 rings (SSSR count). The van der Waals surface area contributed by atoms with E-state index in [9.17, 15) is 0 Å². The Bertz CT molecular complexity index is 853. The Hall–Kier alpha value is -1.82. The third-order valence-corrected chi connectivity index (χ3v) is 5.88. The molecule has 1 aliphatic rings. The zero-order valence-corrected chi connectivity index (χ0v) is 15.6.